The van der Waals surface area contributed by atoms with Crippen LogP contribution in [0.1, 0.15) is 11.3 Å². The van der Waals surface area contributed by atoms with Gasteiger partial charge in [-0.15, -0.1) is 0 Å². The Balaban J connectivity index is 2.39. The average molecular weight is 190 g/mol. The molecule has 1 aromatic heterocycles. The Kier molecular flexibility index (Phi) is 2.31. The maximum absolute atomic E-state index is 12.3. The van der Waals surface area contributed by atoms with Gasteiger partial charge in [0.25, 0.3) is 0 Å². The van der Waals surface area contributed by atoms with Crippen molar-refractivity contribution in [2.75, 3.05) is 0 Å². The molecule has 0 atom stereocenters. The number of imidazole rings is 1. The second-order valence-electron chi connectivity index (χ2n) is 3.21. The van der Waals surface area contributed by atoms with E-state index in [1.165, 1.54) is 0 Å². The van der Waals surface area contributed by atoms with Crippen LogP contribution in [-0.2, 0) is 6.67 Å². The van der Waals surface area contributed by atoms with Crippen LogP contribution in [-0.4, -0.2) is 9.97 Å². The summed E-state index contributed by atoms with van der Waals surface area (Å²) in [4.78, 5) is 7.20. The number of halogens is 1. The molecule has 0 fully saturated rings. The summed E-state index contributed by atoms with van der Waals surface area (Å²) < 4.78 is 12.3. The van der Waals surface area contributed by atoms with Crippen LogP contribution in [0.2, 0.25) is 0 Å². The van der Waals surface area contributed by atoms with Crippen LogP contribution in [0.25, 0.3) is 11.3 Å². The van der Waals surface area contributed by atoms with Crippen LogP contribution >= 0.6 is 0 Å². The van der Waals surface area contributed by atoms with Gasteiger partial charge in [-0.05, 0) is 12.5 Å². The highest BCUT2D eigenvalue weighted by Crippen LogP contribution is 2.20. The van der Waals surface area contributed by atoms with Crippen molar-refractivity contribution in [2.45, 2.75) is 13.6 Å². The van der Waals surface area contributed by atoms with E-state index in [-0.39, 0.29) is 0 Å². The number of nitrogens with zero attached hydrogens (tertiary/aromatic N) is 1. The molecule has 3 heteroatoms. The molecule has 1 aromatic carbocycles. The van der Waals surface area contributed by atoms with Crippen molar-refractivity contribution < 1.29 is 4.39 Å². The lowest BCUT2D eigenvalue weighted by Crippen LogP contribution is -1.83. The smallest absolute Gasteiger partial charge is 0.115 e. The SMILES string of the molecule is Cc1[nH]cnc1-c1ccc(CF)cc1. The van der Waals surface area contributed by atoms with Crippen molar-refractivity contribution in [1.82, 2.24) is 9.97 Å². The Bertz CT molecular complexity index is 417. The third kappa shape index (κ3) is 1.53. The van der Waals surface area contributed by atoms with E-state index in [9.17, 15) is 4.39 Å². The molecule has 1 N–H and O–H groups in total. The number of H-pyrrole nitrogens is 1. The van der Waals surface area contributed by atoms with Gasteiger partial charge in [0.15, 0.2) is 0 Å². The highest BCUT2D eigenvalue weighted by atomic mass is 19.1. The number of hydrogen-bond donors (Lipinski definition) is 1. The van der Waals surface area contributed by atoms with Crippen molar-refractivity contribution in [3.05, 3.63) is 41.9 Å². The molecule has 0 aliphatic heterocycles. The number of aromatic nitrogens is 2. The van der Waals surface area contributed by atoms with E-state index >= 15 is 0 Å². The highest BCUT2D eigenvalue weighted by molar-refractivity contribution is 5.61. The number of aryl methyl sites for hydroxylation is 1. The molecule has 2 rings (SSSR count). The Labute approximate surface area is 81.8 Å². The van der Waals surface area contributed by atoms with Gasteiger partial charge in [-0.2, -0.15) is 0 Å². The third-order valence-corrected chi connectivity index (χ3v) is 2.21. The van der Waals surface area contributed by atoms with Crippen LogP contribution in [0.3, 0.4) is 0 Å². The molecule has 0 aliphatic rings. The molecule has 2 nitrogen and oxygen atoms in total. The van der Waals surface area contributed by atoms with Crippen LogP contribution in [0.4, 0.5) is 4.39 Å². The summed E-state index contributed by atoms with van der Waals surface area (Å²) >= 11 is 0. The van der Waals surface area contributed by atoms with Crippen molar-refractivity contribution in [3.63, 3.8) is 0 Å². The zero-order valence-corrected chi connectivity index (χ0v) is 7.92. The van der Waals surface area contributed by atoms with Gasteiger partial charge < -0.3 is 4.98 Å². The number of alkyl halides is 1. The van der Waals surface area contributed by atoms with Gasteiger partial charge in [0, 0.05) is 11.3 Å². The Morgan fingerprint density at radius 3 is 2.50 bits per heavy atom. The van der Waals surface area contributed by atoms with E-state index in [0.717, 1.165) is 17.0 Å². The minimum atomic E-state index is -0.417. The van der Waals surface area contributed by atoms with Gasteiger partial charge in [0.2, 0.25) is 0 Å². The lowest BCUT2D eigenvalue weighted by Gasteiger charge is -1.99. The number of hydrogen-bond acceptors (Lipinski definition) is 1. The molecule has 2 aromatic rings. The summed E-state index contributed by atoms with van der Waals surface area (Å²) in [5, 5.41) is 0. The maximum Gasteiger partial charge on any atom is 0.115 e. The molecule has 0 saturated carbocycles. The average Bonchev–Trinajstić information content (AvgIpc) is 2.65. The number of aromatic amines is 1. The van der Waals surface area contributed by atoms with Gasteiger partial charge in [-0.3, -0.25) is 0 Å². The summed E-state index contributed by atoms with van der Waals surface area (Å²) in [6.07, 6.45) is 1.66. The monoisotopic (exact) mass is 190 g/mol. The predicted octanol–water partition coefficient (Wildman–Crippen LogP) is 2.85. The van der Waals surface area contributed by atoms with Crippen LogP contribution < -0.4 is 0 Å². The fourth-order valence-corrected chi connectivity index (χ4v) is 1.40. The fraction of sp³-hybridized carbons (Fsp3) is 0.182. The summed E-state index contributed by atoms with van der Waals surface area (Å²) in [7, 11) is 0. The summed E-state index contributed by atoms with van der Waals surface area (Å²) in [6, 6.07) is 7.34. The molecule has 0 saturated heterocycles. The first-order valence-corrected chi connectivity index (χ1v) is 4.46. The summed E-state index contributed by atoms with van der Waals surface area (Å²) in [5.74, 6) is 0. The lowest BCUT2D eigenvalue weighted by atomic mass is 10.1. The maximum atomic E-state index is 12.3. The topological polar surface area (TPSA) is 28.7 Å². The molecule has 0 radical (unpaired) electrons. The molecular formula is C11H11FN2. The van der Waals surface area contributed by atoms with E-state index in [2.05, 4.69) is 9.97 Å². The molecule has 14 heavy (non-hydrogen) atoms. The first kappa shape index (κ1) is 8.94. The Morgan fingerprint density at radius 1 is 1.29 bits per heavy atom. The molecule has 0 amide bonds. The number of nitrogens with one attached hydrogen (secondary N) is 1. The van der Waals surface area contributed by atoms with Crippen molar-refractivity contribution in [1.29, 1.82) is 0 Å². The molecule has 1 heterocycles. The van der Waals surface area contributed by atoms with Crippen molar-refractivity contribution in [2.24, 2.45) is 0 Å². The van der Waals surface area contributed by atoms with Gasteiger partial charge >= 0.3 is 0 Å². The van der Waals surface area contributed by atoms with Crippen molar-refractivity contribution in [3.8, 4) is 11.3 Å². The molecule has 72 valence electrons. The van der Waals surface area contributed by atoms with Crippen LogP contribution in [0.5, 0.6) is 0 Å². The van der Waals surface area contributed by atoms with E-state index in [4.69, 9.17) is 0 Å². The largest absolute Gasteiger partial charge is 0.348 e. The quantitative estimate of drug-likeness (QED) is 0.775. The van der Waals surface area contributed by atoms with Gasteiger partial charge in [0.05, 0.1) is 12.0 Å². The molecular weight excluding hydrogens is 179 g/mol. The first-order chi connectivity index (χ1) is 6.81. The van der Waals surface area contributed by atoms with Crippen LogP contribution in [0.15, 0.2) is 30.6 Å². The minimum absolute atomic E-state index is 0.417. The second-order valence-corrected chi connectivity index (χ2v) is 3.21. The van der Waals surface area contributed by atoms with Crippen LogP contribution in [0, 0.1) is 6.92 Å². The first-order valence-electron chi connectivity index (χ1n) is 4.46. The molecule has 0 aliphatic carbocycles. The van der Waals surface area contributed by atoms with E-state index in [1.54, 1.807) is 18.5 Å². The van der Waals surface area contributed by atoms with E-state index in [0.29, 0.717) is 5.56 Å². The molecule has 0 unspecified atom stereocenters. The van der Waals surface area contributed by atoms with E-state index in [1.807, 2.05) is 19.1 Å². The predicted molar refractivity (Wildman–Crippen MR) is 53.6 cm³/mol. The molecule has 0 bridgehead atoms. The van der Waals surface area contributed by atoms with Gasteiger partial charge in [0.1, 0.15) is 6.67 Å². The molecule has 0 spiro atoms. The third-order valence-electron chi connectivity index (χ3n) is 2.21. The van der Waals surface area contributed by atoms with Crippen molar-refractivity contribution >= 4 is 0 Å². The van der Waals surface area contributed by atoms with Gasteiger partial charge in [-0.1, -0.05) is 24.3 Å². The van der Waals surface area contributed by atoms with E-state index < -0.39 is 6.67 Å². The lowest BCUT2D eigenvalue weighted by molar-refractivity contribution is 0.485. The standard InChI is InChI=1S/C11H11FN2/c1-8-11(14-7-13-8)10-4-2-9(6-12)3-5-10/h2-5,7H,6H2,1H3,(H,13,14). The van der Waals surface area contributed by atoms with Gasteiger partial charge in [-0.25, -0.2) is 9.37 Å². The minimum Gasteiger partial charge on any atom is -0.348 e. The second kappa shape index (κ2) is 3.62. The zero-order valence-electron chi connectivity index (χ0n) is 7.92. The fourth-order valence-electron chi connectivity index (χ4n) is 1.40. The number of rotatable bonds is 2. The normalized spacial score (nSPS) is 10.4. The highest BCUT2D eigenvalue weighted by Gasteiger charge is 2.03. The number of benzene rings is 1. The Hall–Kier alpha value is -1.64. The summed E-state index contributed by atoms with van der Waals surface area (Å²) in [6.45, 7) is 1.55. The zero-order chi connectivity index (χ0) is 9.97. The Morgan fingerprint density at radius 2 is 2.00 bits per heavy atom. The summed E-state index contributed by atoms with van der Waals surface area (Å²) in [5.41, 5.74) is 3.66.